The van der Waals surface area contributed by atoms with Gasteiger partial charge in [0.2, 0.25) is 0 Å². The third kappa shape index (κ3) is 3.55. The molecule has 0 saturated heterocycles. The first kappa shape index (κ1) is 13.7. The lowest BCUT2D eigenvalue weighted by atomic mass is 9.92. The first-order chi connectivity index (χ1) is 8.24. The molecule has 0 bridgehead atoms. The second-order valence-electron chi connectivity index (χ2n) is 4.17. The lowest BCUT2D eigenvalue weighted by Crippen LogP contribution is -2.16. The summed E-state index contributed by atoms with van der Waals surface area (Å²) in [6, 6.07) is 3.56. The molecule has 0 saturated carbocycles. The average molecular weight is 235 g/mol. The topological polar surface area (TPSA) is 39.2 Å². The summed E-state index contributed by atoms with van der Waals surface area (Å²) in [7, 11) is 1.57. The van der Waals surface area contributed by atoms with E-state index < -0.39 is 0 Å². The highest BCUT2D eigenvalue weighted by molar-refractivity contribution is 5.98. The van der Waals surface area contributed by atoms with Crippen LogP contribution in [0.15, 0.2) is 18.3 Å². The summed E-state index contributed by atoms with van der Waals surface area (Å²) in [6.07, 6.45) is 5.63. The Kier molecular flexibility index (Phi) is 5.67. The molecule has 94 valence electrons. The molecule has 1 heterocycles. The largest absolute Gasteiger partial charge is 0.494 e. The third-order valence-corrected chi connectivity index (χ3v) is 2.99. The van der Waals surface area contributed by atoms with Crippen LogP contribution in [0.4, 0.5) is 0 Å². The van der Waals surface area contributed by atoms with Crippen molar-refractivity contribution in [3.63, 3.8) is 0 Å². The molecule has 0 N–H and O–H groups in total. The van der Waals surface area contributed by atoms with Crippen LogP contribution in [0.25, 0.3) is 0 Å². The van der Waals surface area contributed by atoms with E-state index in [4.69, 9.17) is 4.74 Å². The molecule has 1 unspecified atom stereocenters. The number of rotatable bonds is 7. The molecule has 1 aromatic rings. The van der Waals surface area contributed by atoms with Gasteiger partial charge in [0.15, 0.2) is 5.78 Å². The van der Waals surface area contributed by atoms with Gasteiger partial charge in [-0.3, -0.25) is 4.79 Å². The fourth-order valence-electron chi connectivity index (χ4n) is 1.90. The molecular formula is C14H21NO2. The van der Waals surface area contributed by atoms with Crippen LogP contribution in [-0.4, -0.2) is 17.9 Å². The Balaban J connectivity index is 2.85. The number of aromatic nitrogens is 1. The Morgan fingerprint density at radius 2 is 2.24 bits per heavy atom. The summed E-state index contributed by atoms with van der Waals surface area (Å²) in [5.41, 5.74) is 0.470. The average Bonchev–Trinajstić information content (AvgIpc) is 2.39. The molecule has 0 aliphatic carbocycles. The van der Waals surface area contributed by atoms with Crippen molar-refractivity contribution in [2.75, 3.05) is 7.11 Å². The SMILES string of the molecule is CCCCC(CC)C(=O)c1ncccc1OC. The lowest BCUT2D eigenvalue weighted by molar-refractivity contribution is 0.0899. The molecule has 0 aliphatic rings. The smallest absolute Gasteiger partial charge is 0.188 e. The predicted molar refractivity (Wildman–Crippen MR) is 68.4 cm³/mol. The van der Waals surface area contributed by atoms with E-state index in [9.17, 15) is 4.79 Å². The number of Topliss-reactive ketones (excluding diaryl/α,β-unsaturated/α-hetero) is 1. The van der Waals surface area contributed by atoms with Crippen molar-refractivity contribution in [3.8, 4) is 5.75 Å². The quantitative estimate of drug-likeness (QED) is 0.679. The van der Waals surface area contributed by atoms with Gasteiger partial charge in [-0.05, 0) is 25.0 Å². The number of methoxy groups -OCH3 is 1. The molecule has 0 aliphatic heterocycles. The van der Waals surface area contributed by atoms with Crippen molar-refractivity contribution >= 4 is 5.78 Å². The molecule has 0 amide bonds. The van der Waals surface area contributed by atoms with Gasteiger partial charge in [0.1, 0.15) is 11.4 Å². The fraction of sp³-hybridized carbons (Fsp3) is 0.571. The first-order valence-corrected chi connectivity index (χ1v) is 6.27. The lowest BCUT2D eigenvalue weighted by Gasteiger charge is -2.14. The summed E-state index contributed by atoms with van der Waals surface area (Å²) in [5, 5.41) is 0. The van der Waals surface area contributed by atoms with Crippen LogP contribution in [0.1, 0.15) is 50.0 Å². The Morgan fingerprint density at radius 3 is 2.82 bits per heavy atom. The zero-order chi connectivity index (χ0) is 12.7. The van der Waals surface area contributed by atoms with Crippen LogP contribution in [-0.2, 0) is 0 Å². The molecule has 1 aromatic heterocycles. The van der Waals surface area contributed by atoms with E-state index in [0.717, 1.165) is 25.7 Å². The van der Waals surface area contributed by atoms with Gasteiger partial charge in [0.25, 0.3) is 0 Å². The van der Waals surface area contributed by atoms with E-state index in [-0.39, 0.29) is 11.7 Å². The van der Waals surface area contributed by atoms with E-state index in [1.165, 1.54) is 0 Å². The Morgan fingerprint density at radius 1 is 1.47 bits per heavy atom. The highest BCUT2D eigenvalue weighted by atomic mass is 16.5. The predicted octanol–water partition coefficient (Wildman–Crippen LogP) is 3.49. The Labute approximate surface area is 103 Å². The normalized spacial score (nSPS) is 12.2. The maximum Gasteiger partial charge on any atom is 0.188 e. The number of pyridine rings is 1. The molecule has 3 nitrogen and oxygen atoms in total. The molecule has 17 heavy (non-hydrogen) atoms. The summed E-state index contributed by atoms with van der Waals surface area (Å²) < 4.78 is 5.18. The summed E-state index contributed by atoms with van der Waals surface area (Å²) in [6.45, 7) is 4.19. The molecule has 1 atom stereocenters. The maximum absolute atomic E-state index is 12.3. The Bertz CT molecular complexity index is 363. The van der Waals surface area contributed by atoms with Gasteiger partial charge in [-0.15, -0.1) is 0 Å². The molecular weight excluding hydrogens is 214 g/mol. The Hall–Kier alpha value is -1.38. The molecule has 3 heteroatoms. The first-order valence-electron chi connectivity index (χ1n) is 6.27. The minimum atomic E-state index is 0.0683. The van der Waals surface area contributed by atoms with Crippen molar-refractivity contribution in [1.82, 2.24) is 4.98 Å². The number of carbonyl (C=O) groups excluding carboxylic acids is 1. The number of nitrogens with zero attached hydrogens (tertiary/aromatic N) is 1. The van der Waals surface area contributed by atoms with Crippen molar-refractivity contribution in [1.29, 1.82) is 0 Å². The zero-order valence-corrected chi connectivity index (χ0v) is 10.9. The summed E-state index contributed by atoms with van der Waals surface area (Å²) >= 11 is 0. The van der Waals surface area contributed by atoms with E-state index in [1.807, 2.05) is 6.92 Å². The second-order valence-corrected chi connectivity index (χ2v) is 4.17. The van der Waals surface area contributed by atoms with Crippen molar-refractivity contribution in [3.05, 3.63) is 24.0 Å². The number of ketones is 1. The van der Waals surface area contributed by atoms with Gasteiger partial charge < -0.3 is 4.74 Å². The standard InChI is InChI=1S/C14H21NO2/c1-4-6-8-11(5-2)14(16)13-12(17-3)9-7-10-15-13/h7,9-11H,4-6,8H2,1-3H3. The van der Waals surface area contributed by atoms with E-state index in [1.54, 1.807) is 25.4 Å². The van der Waals surface area contributed by atoms with Crippen LogP contribution in [0.5, 0.6) is 5.75 Å². The third-order valence-electron chi connectivity index (χ3n) is 2.99. The van der Waals surface area contributed by atoms with Gasteiger partial charge in [0.05, 0.1) is 7.11 Å². The van der Waals surface area contributed by atoms with Gasteiger partial charge in [-0.2, -0.15) is 0 Å². The fourth-order valence-corrected chi connectivity index (χ4v) is 1.90. The molecule has 0 fully saturated rings. The highest BCUT2D eigenvalue weighted by Gasteiger charge is 2.21. The molecule has 0 spiro atoms. The van der Waals surface area contributed by atoms with Gasteiger partial charge in [0, 0.05) is 12.1 Å². The van der Waals surface area contributed by atoms with Crippen LogP contribution in [0.3, 0.4) is 0 Å². The van der Waals surface area contributed by atoms with Crippen molar-refractivity contribution in [2.24, 2.45) is 5.92 Å². The van der Waals surface area contributed by atoms with E-state index >= 15 is 0 Å². The second kappa shape index (κ2) is 7.05. The number of hydrogen-bond donors (Lipinski definition) is 0. The molecule has 0 aromatic carbocycles. The van der Waals surface area contributed by atoms with Gasteiger partial charge in [-0.25, -0.2) is 4.98 Å². The number of carbonyl (C=O) groups is 1. The van der Waals surface area contributed by atoms with Crippen LogP contribution >= 0.6 is 0 Å². The van der Waals surface area contributed by atoms with Crippen molar-refractivity contribution in [2.45, 2.75) is 39.5 Å². The maximum atomic E-state index is 12.3. The summed E-state index contributed by atoms with van der Waals surface area (Å²) in [5.74, 6) is 0.754. The highest BCUT2D eigenvalue weighted by Crippen LogP contribution is 2.23. The minimum absolute atomic E-state index is 0.0683. The van der Waals surface area contributed by atoms with E-state index in [2.05, 4.69) is 11.9 Å². The summed E-state index contributed by atoms with van der Waals surface area (Å²) in [4.78, 5) is 16.5. The van der Waals surface area contributed by atoms with Crippen LogP contribution < -0.4 is 4.74 Å². The molecule has 0 radical (unpaired) electrons. The number of unbranched alkanes of at least 4 members (excludes halogenated alkanes) is 1. The molecule has 1 rings (SSSR count). The minimum Gasteiger partial charge on any atom is -0.494 e. The van der Waals surface area contributed by atoms with Gasteiger partial charge >= 0.3 is 0 Å². The number of hydrogen-bond acceptors (Lipinski definition) is 3. The zero-order valence-electron chi connectivity index (χ0n) is 10.9. The monoisotopic (exact) mass is 235 g/mol. The van der Waals surface area contributed by atoms with Crippen LogP contribution in [0, 0.1) is 5.92 Å². The van der Waals surface area contributed by atoms with Crippen LogP contribution in [0.2, 0.25) is 0 Å². The van der Waals surface area contributed by atoms with Crippen molar-refractivity contribution < 1.29 is 9.53 Å². The van der Waals surface area contributed by atoms with E-state index in [0.29, 0.717) is 11.4 Å². The number of ether oxygens (including phenoxy) is 1. The van der Waals surface area contributed by atoms with Gasteiger partial charge in [-0.1, -0.05) is 26.7 Å².